The van der Waals surface area contributed by atoms with Crippen molar-refractivity contribution in [2.45, 2.75) is 6.54 Å². The number of hydrogen-bond acceptors (Lipinski definition) is 3. The van der Waals surface area contributed by atoms with Gasteiger partial charge in [-0.15, -0.1) is 0 Å². The number of aromatic nitrogens is 2. The van der Waals surface area contributed by atoms with Gasteiger partial charge < -0.3 is 5.73 Å². The highest BCUT2D eigenvalue weighted by molar-refractivity contribution is 5.92. The van der Waals surface area contributed by atoms with Crippen molar-refractivity contribution in [1.82, 2.24) is 9.78 Å². The number of carbonyl (C=O) groups is 1. The Balaban J connectivity index is 1.99. The molecule has 0 unspecified atom stereocenters. The topological polar surface area (TPSA) is 78.0 Å². The maximum Gasteiger partial charge on any atom is 0.267 e. The zero-order valence-corrected chi connectivity index (χ0v) is 12.9. The first kappa shape index (κ1) is 16.5. The molecule has 0 fully saturated rings. The molecular formula is C18H13F2N3O2. The summed E-state index contributed by atoms with van der Waals surface area (Å²) in [6.45, 7) is 0.0889. The summed E-state index contributed by atoms with van der Waals surface area (Å²) in [5, 5.41) is 4.15. The second kappa shape index (κ2) is 6.64. The van der Waals surface area contributed by atoms with Gasteiger partial charge in [-0.05, 0) is 35.9 Å². The third-order valence-corrected chi connectivity index (χ3v) is 3.57. The highest BCUT2D eigenvalue weighted by atomic mass is 19.1. The number of halogens is 2. The fraction of sp³-hybridized carbons (Fsp3) is 0.0556. The zero-order valence-electron chi connectivity index (χ0n) is 12.9. The average Bonchev–Trinajstić information content (AvgIpc) is 2.56. The first-order chi connectivity index (χ1) is 11.9. The molecule has 1 amide bonds. The van der Waals surface area contributed by atoms with E-state index >= 15 is 0 Å². The lowest BCUT2D eigenvalue weighted by Crippen LogP contribution is -2.23. The Morgan fingerprint density at radius 1 is 1.04 bits per heavy atom. The molecule has 1 aromatic heterocycles. The molecule has 0 saturated carbocycles. The van der Waals surface area contributed by atoms with E-state index < -0.39 is 17.5 Å². The zero-order chi connectivity index (χ0) is 18.0. The quantitative estimate of drug-likeness (QED) is 0.791. The molecule has 0 spiro atoms. The van der Waals surface area contributed by atoms with Gasteiger partial charge in [0.25, 0.3) is 5.56 Å². The number of benzene rings is 2. The molecular weight excluding hydrogens is 328 g/mol. The van der Waals surface area contributed by atoms with E-state index in [0.717, 1.165) is 22.9 Å². The SMILES string of the molecule is NC(=O)c1cccc(Cn2nc(-c3cc(F)cc(F)c3)ccc2=O)c1. The minimum Gasteiger partial charge on any atom is -0.366 e. The summed E-state index contributed by atoms with van der Waals surface area (Å²) in [5.74, 6) is -2.04. The van der Waals surface area contributed by atoms with Crippen LogP contribution in [-0.2, 0) is 6.54 Å². The maximum atomic E-state index is 13.4. The number of hydrogen-bond donors (Lipinski definition) is 1. The smallest absolute Gasteiger partial charge is 0.267 e. The number of nitrogens with zero attached hydrogens (tertiary/aromatic N) is 2. The van der Waals surface area contributed by atoms with Crippen LogP contribution in [0.1, 0.15) is 15.9 Å². The Labute approximate surface area is 141 Å². The predicted octanol–water partition coefficient (Wildman–Crippen LogP) is 2.34. The van der Waals surface area contributed by atoms with E-state index in [9.17, 15) is 18.4 Å². The molecule has 0 aliphatic heterocycles. The van der Waals surface area contributed by atoms with Gasteiger partial charge in [-0.25, -0.2) is 13.5 Å². The van der Waals surface area contributed by atoms with Crippen LogP contribution in [0.15, 0.2) is 59.4 Å². The van der Waals surface area contributed by atoms with Gasteiger partial charge in [0.2, 0.25) is 5.91 Å². The van der Waals surface area contributed by atoms with Crippen LogP contribution >= 0.6 is 0 Å². The van der Waals surface area contributed by atoms with Gasteiger partial charge in [0.15, 0.2) is 0 Å². The van der Waals surface area contributed by atoms with Crippen LogP contribution in [0.25, 0.3) is 11.3 Å². The largest absolute Gasteiger partial charge is 0.366 e. The van der Waals surface area contributed by atoms with Gasteiger partial charge in [-0.1, -0.05) is 12.1 Å². The summed E-state index contributed by atoms with van der Waals surface area (Å²) in [6, 6.07) is 12.2. The Hall–Kier alpha value is -3.35. The van der Waals surface area contributed by atoms with Crippen molar-refractivity contribution >= 4 is 5.91 Å². The Kier molecular flexibility index (Phi) is 4.38. The number of carbonyl (C=O) groups excluding carboxylic acids is 1. The van der Waals surface area contributed by atoms with E-state index in [1.165, 1.54) is 12.1 Å². The van der Waals surface area contributed by atoms with Crippen LogP contribution < -0.4 is 11.3 Å². The fourth-order valence-corrected chi connectivity index (χ4v) is 2.41. The van der Waals surface area contributed by atoms with Crippen LogP contribution in [0.2, 0.25) is 0 Å². The number of nitrogens with two attached hydrogens (primary N) is 1. The third kappa shape index (κ3) is 3.77. The fourth-order valence-electron chi connectivity index (χ4n) is 2.41. The average molecular weight is 341 g/mol. The molecule has 3 aromatic rings. The van der Waals surface area contributed by atoms with Crippen molar-refractivity contribution in [3.8, 4) is 11.3 Å². The molecule has 7 heteroatoms. The van der Waals surface area contributed by atoms with E-state index in [1.807, 2.05) is 0 Å². The van der Waals surface area contributed by atoms with E-state index in [-0.39, 0.29) is 23.4 Å². The second-order valence-corrected chi connectivity index (χ2v) is 5.44. The van der Waals surface area contributed by atoms with Crippen molar-refractivity contribution in [3.05, 3.63) is 87.7 Å². The summed E-state index contributed by atoms with van der Waals surface area (Å²) < 4.78 is 27.9. The molecule has 25 heavy (non-hydrogen) atoms. The van der Waals surface area contributed by atoms with Crippen molar-refractivity contribution in [3.63, 3.8) is 0 Å². The molecule has 0 aliphatic rings. The van der Waals surface area contributed by atoms with Crippen LogP contribution in [0.5, 0.6) is 0 Å². The summed E-state index contributed by atoms with van der Waals surface area (Å²) in [4.78, 5) is 23.3. The lowest BCUT2D eigenvalue weighted by atomic mass is 10.1. The standard InChI is InChI=1S/C18H13F2N3O2/c19-14-7-13(8-15(20)9-14)16-4-5-17(24)23(22-16)10-11-2-1-3-12(6-11)18(21)25/h1-9H,10H2,(H2,21,25). The van der Waals surface area contributed by atoms with E-state index in [1.54, 1.807) is 24.3 Å². The normalized spacial score (nSPS) is 10.6. The van der Waals surface area contributed by atoms with Crippen molar-refractivity contribution < 1.29 is 13.6 Å². The van der Waals surface area contributed by atoms with Crippen LogP contribution in [-0.4, -0.2) is 15.7 Å². The Morgan fingerprint density at radius 2 is 1.76 bits per heavy atom. The summed E-state index contributed by atoms with van der Waals surface area (Å²) in [5.41, 5.74) is 6.29. The van der Waals surface area contributed by atoms with Gasteiger partial charge >= 0.3 is 0 Å². The second-order valence-electron chi connectivity index (χ2n) is 5.44. The molecule has 2 N–H and O–H groups in total. The highest BCUT2D eigenvalue weighted by Crippen LogP contribution is 2.18. The molecule has 0 radical (unpaired) electrons. The summed E-state index contributed by atoms with van der Waals surface area (Å²) >= 11 is 0. The third-order valence-electron chi connectivity index (χ3n) is 3.57. The van der Waals surface area contributed by atoms with Gasteiger partial charge in [0.1, 0.15) is 11.6 Å². The summed E-state index contributed by atoms with van der Waals surface area (Å²) in [6.07, 6.45) is 0. The molecule has 0 atom stereocenters. The minimum absolute atomic E-state index is 0.0889. The molecule has 0 bridgehead atoms. The molecule has 5 nitrogen and oxygen atoms in total. The maximum absolute atomic E-state index is 13.4. The van der Waals surface area contributed by atoms with E-state index in [4.69, 9.17) is 5.73 Å². The van der Waals surface area contributed by atoms with E-state index in [0.29, 0.717) is 11.1 Å². The van der Waals surface area contributed by atoms with Crippen LogP contribution in [0.3, 0.4) is 0 Å². The Morgan fingerprint density at radius 3 is 2.44 bits per heavy atom. The minimum atomic E-state index is -0.733. The first-order valence-electron chi connectivity index (χ1n) is 7.36. The molecule has 126 valence electrons. The van der Waals surface area contributed by atoms with Gasteiger partial charge in [-0.3, -0.25) is 9.59 Å². The Bertz CT molecular complexity index is 995. The number of rotatable bonds is 4. The van der Waals surface area contributed by atoms with Gasteiger partial charge in [-0.2, -0.15) is 5.10 Å². The predicted molar refractivity (Wildman–Crippen MR) is 87.9 cm³/mol. The molecule has 0 saturated heterocycles. The van der Waals surface area contributed by atoms with Crippen molar-refractivity contribution in [2.75, 3.05) is 0 Å². The number of amides is 1. The highest BCUT2D eigenvalue weighted by Gasteiger charge is 2.08. The lowest BCUT2D eigenvalue weighted by molar-refractivity contribution is 0.1000. The van der Waals surface area contributed by atoms with Crippen molar-refractivity contribution in [2.24, 2.45) is 5.73 Å². The monoisotopic (exact) mass is 341 g/mol. The van der Waals surface area contributed by atoms with Crippen LogP contribution in [0, 0.1) is 11.6 Å². The molecule has 1 heterocycles. The van der Waals surface area contributed by atoms with E-state index in [2.05, 4.69) is 5.10 Å². The van der Waals surface area contributed by atoms with Gasteiger partial charge in [0.05, 0.1) is 12.2 Å². The first-order valence-corrected chi connectivity index (χ1v) is 7.36. The lowest BCUT2D eigenvalue weighted by Gasteiger charge is -2.08. The van der Waals surface area contributed by atoms with Crippen molar-refractivity contribution in [1.29, 1.82) is 0 Å². The van der Waals surface area contributed by atoms with Gasteiger partial charge in [0, 0.05) is 23.3 Å². The molecule has 0 aliphatic carbocycles. The molecule has 2 aromatic carbocycles. The molecule has 3 rings (SSSR count). The number of primary amides is 1. The van der Waals surface area contributed by atoms with Crippen LogP contribution in [0.4, 0.5) is 8.78 Å². The summed E-state index contributed by atoms with van der Waals surface area (Å²) in [7, 11) is 0.